The molecule has 3 aromatic rings. The smallest absolute Gasteiger partial charge is 0.338 e. The Morgan fingerprint density at radius 1 is 0.658 bits per heavy atom. The van der Waals surface area contributed by atoms with Gasteiger partial charge in [0.2, 0.25) is 0 Å². The summed E-state index contributed by atoms with van der Waals surface area (Å²) >= 11 is 0. The van der Waals surface area contributed by atoms with Crippen LogP contribution in [0.4, 0.5) is 0 Å². The van der Waals surface area contributed by atoms with Crippen molar-refractivity contribution in [3.8, 4) is 64.6 Å². The Morgan fingerprint density at radius 2 is 1.08 bits per heavy atom. The highest BCUT2D eigenvalue weighted by Gasteiger charge is 2.13. The van der Waals surface area contributed by atoms with E-state index in [2.05, 4.69) is 47.4 Å². The van der Waals surface area contributed by atoms with Gasteiger partial charge in [-0.05, 0) is 117 Å². The standard InChI is InChI=1S/C33H26O5/c1-4-36-30-19-15-25(16-20-30)11-7-9-13-27-23-29(33(35)38-6-3)24-28(32(27)34)14-10-8-12-26-17-21-31(22-18-26)37-5-2/h15-24,34H,4-6H2,1-3H3. The molecule has 0 spiro atoms. The summed E-state index contributed by atoms with van der Waals surface area (Å²) in [4.78, 5) is 12.4. The van der Waals surface area contributed by atoms with Crippen molar-refractivity contribution in [2.24, 2.45) is 0 Å². The quantitative estimate of drug-likeness (QED) is 0.372. The molecular weight excluding hydrogens is 476 g/mol. The highest BCUT2D eigenvalue weighted by atomic mass is 16.5. The second-order valence-electron chi connectivity index (χ2n) is 7.56. The molecule has 188 valence electrons. The minimum absolute atomic E-state index is 0.163. The third-order valence-corrected chi connectivity index (χ3v) is 4.88. The van der Waals surface area contributed by atoms with Crippen LogP contribution in [0.3, 0.4) is 0 Å². The van der Waals surface area contributed by atoms with Crippen molar-refractivity contribution in [1.82, 2.24) is 0 Å². The molecule has 3 rings (SSSR count). The van der Waals surface area contributed by atoms with Crippen molar-refractivity contribution >= 4 is 5.97 Å². The Hall–Kier alpha value is -5.23. The molecule has 0 saturated heterocycles. The molecule has 0 aliphatic rings. The molecule has 0 bridgehead atoms. The Morgan fingerprint density at radius 3 is 1.47 bits per heavy atom. The number of ether oxygens (including phenoxy) is 3. The lowest BCUT2D eigenvalue weighted by molar-refractivity contribution is 0.0526. The van der Waals surface area contributed by atoms with Crippen LogP contribution in [0, 0.1) is 47.4 Å². The number of aromatic hydroxyl groups is 1. The van der Waals surface area contributed by atoms with E-state index >= 15 is 0 Å². The maximum atomic E-state index is 12.4. The van der Waals surface area contributed by atoms with Crippen LogP contribution in [-0.2, 0) is 4.74 Å². The lowest BCUT2D eigenvalue weighted by atomic mass is 10.0. The fraction of sp³-hybridized carbons (Fsp3) is 0.182. The van der Waals surface area contributed by atoms with Gasteiger partial charge in [0, 0.05) is 11.1 Å². The van der Waals surface area contributed by atoms with Crippen LogP contribution in [0.1, 0.15) is 53.4 Å². The SMILES string of the molecule is CCOC(=O)c1cc(C#CC#Cc2ccc(OCC)cc2)c(O)c(C#CC#Cc2ccc(OCC)cc2)c1. The van der Waals surface area contributed by atoms with Gasteiger partial charge in [-0.2, -0.15) is 0 Å². The third-order valence-electron chi connectivity index (χ3n) is 4.88. The topological polar surface area (TPSA) is 65.0 Å². The Labute approximate surface area is 223 Å². The summed E-state index contributed by atoms with van der Waals surface area (Å²) in [5.41, 5.74) is 2.17. The average molecular weight is 503 g/mol. The molecule has 0 aliphatic carbocycles. The van der Waals surface area contributed by atoms with Gasteiger partial charge in [-0.3, -0.25) is 0 Å². The van der Waals surface area contributed by atoms with Crippen LogP contribution in [0.5, 0.6) is 17.2 Å². The maximum absolute atomic E-state index is 12.4. The summed E-state index contributed by atoms with van der Waals surface area (Å²) in [7, 11) is 0. The van der Waals surface area contributed by atoms with Gasteiger partial charge < -0.3 is 19.3 Å². The van der Waals surface area contributed by atoms with E-state index in [-0.39, 0.29) is 29.0 Å². The summed E-state index contributed by atoms with van der Waals surface area (Å²) in [6, 6.07) is 17.6. The second-order valence-corrected chi connectivity index (χ2v) is 7.56. The highest BCUT2D eigenvalue weighted by Crippen LogP contribution is 2.24. The molecule has 0 heterocycles. The van der Waals surface area contributed by atoms with Crippen molar-refractivity contribution in [2.75, 3.05) is 19.8 Å². The molecule has 0 atom stereocenters. The number of phenolic OH excluding ortho intramolecular Hbond substituents is 1. The molecule has 0 radical (unpaired) electrons. The fourth-order valence-electron chi connectivity index (χ4n) is 3.16. The van der Waals surface area contributed by atoms with Gasteiger partial charge in [-0.1, -0.05) is 11.8 Å². The van der Waals surface area contributed by atoms with E-state index < -0.39 is 5.97 Å². The summed E-state index contributed by atoms with van der Waals surface area (Å²) in [6.07, 6.45) is 0. The summed E-state index contributed by atoms with van der Waals surface area (Å²) in [5, 5.41) is 10.7. The van der Waals surface area contributed by atoms with Crippen LogP contribution in [-0.4, -0.2) is 30.9 Å². The summed E-state index contributed by atoms with van der Waals surface area (Å²) < 4.78 is 15.9. The highest BCUT2D eigenvalue weighted by molar-refractivity contribution is 5.91. The Balaban J connectivity index is 1.86. The monoisotopic (exact) mass is 502 g/mol. The van der Waals surface area contributed by atoms with Crippen LogP contribution in [0.2, 0.25) is 0 Å². The number of hydrogen-bond donors (Lipinski definition) is 1. The van der Waals surface area contributed by atoms with E-state index in [1.807, 2.05) is 62.4 Å². The van der Waals surface area contributed by atoms with E-state index in [0.29, 0.717) is 13.2 Å². The summed E-state index contributed by atoms with van der Waals surface area (Å²) in [5.74, 6) is 23.3. The maximum Gasteiger partial charge on any atom is 0.338 e. The lowest BCUT2D eigenvalue weighted by Crippen LogP contribution is -2.05. The molecular formula is C33H26O5. The molecule has 3 aromatic carbocycles. The van der Waals surface area contributed by atoms with Crippen molar-refractivity contribution in [1.29, 1.82) is 0 Å². The van der Waals surface area contributed by atoms with Crippen LogP contribution >= 0.6 is 0 Å². The molecule has 0 saturated carbocycles. The average Bonchev–Trinajstić information content (AvgIpc) is 2.93. The fourth-order valence-corrected chi connectivity index (χ4v) is 3.16. The van der Waals surface area contributed by atoms with E-state index in [9.17, 15) is 9.90 Å². The van der Waals surface area contributed by atoms with Crippen molar-refractivity contribution < 1.29 is 24.1 Å². The first-order valence-electron chi connectivity index (χ1n) is 12.1. The van der Waals surface area contributed by atoms with Gasteiger partial charge in [0.15, 0.2) is 0 Å². The van der Waals surface area contributed by atoms with Gasteiger partial charge in [0.1, 0.15) is 17.2 Å². The van der Waals surface area contributed by atoms with E-state index in [1.165, 1.54) is 12.1 Å². The van der Waals surface area contributed by atoms with Gasteiger partial charge in [-0.25, -0.2) is 4.79 Å². The zero-order valence-corrected chi connectivity index (χ0v) is 21.5. The molecule has 5 heteroatoms. The van der Waals surface area contributed by atoms with E-state index in [0.717, 1.165) is 22.6 Å². The molecule has 0 fully saturated rings. The number of carbonyl (C=O) groups is 1. The second kappa shape index (κ2) is 14.4. The summed E-state index contributed by atoms with van der Waals surface area (Å²) in [6.45, 7) is 6.95. The van der Waals surface area contributed by atoms with Crippen molar-refractivity contribution in [3.05, 3.63) is 88.5 Å². The number of phenols is 1. The largest absolute Gasteiger partial charge is 0.505 e. The number of rotatable bonds is 6. The number of benzene rings is 3. The normalized spacial score (nSPS) is 9.13. The van der Waals surface area contributed by atoms with Crippen molar-refractivity contribution in [3.63, 3.8) is 0 Å². The zero-order chi connectivity index (χ0) is 27.2. The first kappa shape index (κ1) is 27.4. The van der Waals surface area contributed by atoms with E-state index in [4.69, 9.17) is 14.2 Å². The van der Waals surface area contributed by atoms with Gasteiger partial charge in [-0.15, -0.1) is 0 Å². The molecule has 0 aromatic heterocycles. The van der Waals surface area contributed by atoms with Crippen LogP contribution in [0.25, 0.3) is 0 Å². The van der Waals surface area contributed by atoms with Crippen molar-refractivity contribution in [2.45, 2.75) is 20.8 Å². The first-order valence-corrected chi connectivity index (χ1v) is 12.1. The Bertz CT molecular complexity index is 1410. The molecule has 38 heavy (non-hydrogen) atoms. The molecule has 0 unspecified atom stereocenters. The molecule has 0 aliphatic heterocycles. The number of hydrogen-bond acceptors (Lipinski definition) is 5. The minimum atomic E-state index is -0.542. The van der Waals surface area contributed by atoms with Crippen LogP contribution in [0.15, 0.2) is 60.7 Å². The first-order chi connectivity index (χ1) is 18.5. The molecule has 5 nitrogen and oxygen atoms in total. The minimum Gasteiger partial charge on any atom is -0.505 e. The van der Waals surface area contributed by atoms with Gasteiger partial charge in [0.25, 0.3) is 0 Å². The predicted octanol–water partition coefficient (Wildman–Crippen LogP) is 5.17. The predicted molar refractivity (Wildman–Crippen MR) is 147 cm³/mol. The molecule has 1 N–H and O–H groups in total. The van der Waals surface area contributed by atoms with Gasteiger partial charge in [0.05, 0.1) is 36.5 Å². The molecule has 0 amide bonds. The zero-order valence-electron chi connectivity index (χ0n) is 21.5. The lowest BCUT2D eigenvalue weighted by Gasteiger charge is -2.06. The number of carbonyl (C=O) groups excluding carboxylic acids is 1. The Kier molecular flexibility index (Phi) is 10.3. The number of esters is 1. The van der Waals surface area contributed by atoms with E-state index in [1.54, 1.807) is 6.92 Å². The third kappa shape index (κ3) is 8.17. The van der Waals surface area contributed by atoms with Crippen LogP contribution < -0.4 is 9.47 Å². The van der Waals surface area contributed by atoms with Gasteiger partial charge >= 0.3 is 5.97 Å².